The Hall–Kier alpha value is -1.79. The van der Waals surface area contributed by atoms with E-state index < -0.39 is 0 Å². The number of aromatic nitrogens is 3. The Morgan fingerprint density at radius 3 is 1.84 bits per heavy atom. The van der Waals surface area contributed by atoms with Crippen LogP contribution in [0.1, 0.15) is 25.7 Å². The van der Waals surface area contributed by atoms with Crippen LogP contribution >= 0.6 is 23.2 Å². The summed E-state index contributed by atoms with van der Waals surface area (Å²) in [6, 6.07) is 5.40. The van der Waals surface area contributed by atoms with Crippen LogP contribution in [0.4, 0.5) is 23.5 Å². The Kier molecular flexibility index (Phi) is 4.81. The van der Waals surface area contributed by atoms with Crippen molar-refractivity contribution in [3.8, 4) is 0 Å². The maximum atomic E-state index is 6.11. The molecular weight excluding hydrogens is 359 g/mol. The molecule has 0 aliphatic carbocycles. The minimum absolute atomic E-state index is 0.500. The monoisotopic (exact) mass is 378 g/mol. The molecule has 0 saturated carbocycles. The van der Waals surface area contributed by atoms with Gasteiger partial charge in [0.1, 0.15) is 0 Å². The molecule has 2 aliphatic rings. The third-order valence-electron chi connectivity index (χ3n) is 4.57. The maximum Gasteiger partial charge on any atom is 0.233 e. The van der Waals surface area contributed by atoms with Gasteiger partial charge in [0.25, 0.3) is 0 Å². The zero-order valence-electron chi connectivity index (χ0n) is 13.9. The molecule has 2 fully saturated rings. The molecule has 2 saturated heterocycles. The number of halogens is 2. The number of rotatable bonds is 4. The van der Waals surface area contributed by atoms with Gasteiger partial charge in [-0.15, -0.1) is 0 Å². The summed E-state index contributed by atoms with van der Waals surface area (Å²) in [6.07, 6.45) is 4.72. The molecule has 1 aromatic carbocycles. The molecular formula is C17H20Cl2N6. The quantitative estimate of drug-likeness (QED) is 0.863. The normalized spacial score (nSPS) is 17.4. The topological polar surface area (TPSA) is 57.2 Å². The van der Waals surface area contributed by atoms with Crippen LogP contribution in [0.5, 0.6) is 0 Å². The molecule has 0 unspecified atom stereocenters. The summed E-state index contributed by atoms with van der Waals surface area (Å²) in [5, 5.41) is 4.27. The molecule has 2 aliphatic heterocycles. The molecule has 1 aromatic heterocycles. The minimum Gasteiger partial charge on any atom is -0.341 e. The predicted octanol–water partition coefficient (Wildman–Crippen LogP) is 4.12. The van der Waals surface area contributed by atoms with E-state index in [2.05, 4.69) is 25.1 Å². The molecule has 0 radical (unpaired) electrons. The molecule has 25 heavy (non-hydrogen) atoms. The second-order valence-electron chi connectivity index (χ2n) is 6.40. The van der Waals surface area contributed by atoms with Gasteiger partial charge in [-0.05, 0) is 43.9 Å². The number of nitrogens with one attached hydrogen (secondary N) is 1. The Balaban J connectivity index is 1.65. The Morgan fingerprint density at radius 2 is 1.32 bits per heavy atom. The van der Waals surface area contributed by atoms with E-state index in [-0.39, 0.29) is 0 Å². The number of hydrogen-bond acceptors (Lipinski definition) is 6. The van der Waals surface area contributed by atoms with Crippen molar-refractivity contribution >= 4 is 46.7 Å². The largest absolute Gasteiger partial charge is 0.341 e. The summed E-state index contributed by atoms with van der Waals surface area (Å²) in [7, 11) is 0. The van der Waals surface area contributed by atoms with Gasteiger partial charge >= 0.3 is 0 Å². The highest BCUT2D eigenvalue weighted by atomic mass is 35.5. The Morgan fingerprint density at radius 1 is 0.760 bits per heavy atom. The molecule has 1 N–H and O–H groups in total. The average molecular weight is 379 g/mol. The fourth-order valence-electron chi connectivity index (χ4n) is 3.23. The summed E-state index contributed by atoms with van der Waals surface area (Å²) < 4.78 is 0. The fraction of sp³-hybridized carbons (Fsp3) is 0.471. The summed E-state index contributed by atoms with van der Waals surface area (Å²) in [5.41, 5.74) is 0.806. The van der Waals surface area contributed by atoms with Crippen LogP contribution in [0.15, 0.2) is 18.2 Å². The zero-order valence-corrected chi connectivity index (χ0v) is 15.4. The highest BCUT2D eigenvalue weighted by Gasteiger charge is 2.21. The van der Waals surface area contributed by atoms with Crippen LogP contribution in [-0.2, 0) is 0 Å². The lowest BCUT2D eigenvalue weighted by Crippen LogP contribution is -2.25. The molecule has 4 rings (SSSR count). The highest BCUT2D eigenvalue weighted by Crippen LogP contribution is 2.28. The van der Waals surface area contributed by atoms with Crippen molar-refractivity contribution in [2.75, 3.05) is 41.3 Å². The second kappa shape index (κ2) is 7.22. The first-order valence-corrected chi connectivity index (χ1v) is 9.43. The SMILES string of the molecule is Clc1ccc(Nc2nc(N3CCCC3)nc(N3CCCC3)n2)cc1Cl. The van der Waals surface area contributed by atoms with Crippen molar-refractivity contribution in [2.24, 2.45) is 0 Å². The number of nitrogens with zero attached hydrogens (tertiary/aromatic N) is 5. The van der Waals surface area contributed by atoms with Gasteiger partial charge in [0.05, 0.1) is 10.0 Å². The van der Waals surface area contributed by atoms with E-state index in [1.165, 1.54) is 25.7 Å². The minimum atomic E-state index is 0.500. The molecule has 0 spiro atoms. The number of anilines is 4. The van der Waals surface area contributed by atoms with E-state index in [0.29, 0.717) is 16.0 Å². The first-order chi connectivity index (χ1) is 12.2. The molecule has 2 aromatic rings. The van der Waals surface area contributed by atoms with Crippen LogP contribution in [0.25, 0.3) is 0 Å². The van der Waals surface area contributed by atoms with E-state index in [1.807, 2.05) is 6.07 Å². The van der Waals surface area contributed by atoms with Crippen molar-refractivity contribution in [2.45, 2.75) is 25.7 Å². The van der Waals surface area contributed by atoms with Gasteiger partial charge < -0.3 is 15.1 Å². The highest BCUT2D eigenvalue weighted by molar-refractivity contribution is 6.42. The first kappa shape index (κ1) is 16.7. The van der Waals surface area contributed by atoms with Crippen molar-refractivity contribution in [3.05, 3.63) is 28.2 Å². The number of hydrogen-bond donors (Lipinski definition) is 1. The van der Waals surface area contributed by atoms with Gasteiger partial charge in [-0.3, -0.25) is 0 Å². The molecule has 3 heterocycles. The molecule has 0 atom stereocenters. The van der Waals surface area contributed by atoms with Crippen LogP contribution in [0.2, 0.25) is 10.0 Å². The van der Waals surface area contributed by atoms with Crippen LogP contribution in [-0.4, -0.2) is 41.1 Å². The van der Waals surface area contributed by atoms with E-state index in [4.69, 9.17) is 28.2 Å². The van der Waals surface area contributed by atoms with E-state index in [1.54, 1.807) is 12.1 Å². The van der Waals surface area contributed by atoms with Gasteiger partial charge in [-0.1, -0.05) is 23.2 Å². The van der Waals surface area contributed by atoms with E-state index >= 15 is 0 Å². The van der Waals surface area contributed by atoms with Crippen molar-refractivity contribution in [1.29, 1.82) is 0 Å². The lowest BCUT2D eigenvalue weighted by Gasteiger charge is -2.20. The number of benzene rings is 1. The first-order valence-electron chi connectivity index (χ1n) is 8.67. The standard InChI is InChI=1S/C17H20Cl2N6/c18-13-6-5-12(11-14(13)19)20-15-21-16(24-7-1-2-8-24)23-17(22-15)25-9-3-4-10-25/h5-6,11H,1-4,7-10H2,(H,20,21,22,23). The zero-order chi connectivity index (χ0) is 17.2. The van der Waals surface area contributed by atoms with Gasteiger partial charge in [-0.2, -0.15) is 15.0 Å². The molecule has 8 heteroatoms. The second-order valence-corrected chi connectivity index (χ2v) is 7.22. The predicted molar refractivity (Wildman–Crippen MR) is 102 cm³/mol. The fourth-order valence-corrected chi connectivity index (χ4v) is 3.53. The molecule has 0 bridgehead atoms. The summed E-state index contributed by atoms with van der Waals surface area (Å²) in [4.78, 5) is 18.4. The van der Waals surface area contributed by atoms with Crippen molar-refractivity contribution in [3.63, 3.8) is 0 Å². The third kappa shape index (κ3) is 3.75. The Bertz CT molecular complexity index is 723. The van der Waals surface area contributed by atoms with Gasteiger partial charge in [-0.25, -0.2) is 0 Å². The van der Waals surface area contributed by atoms with E-state index in [9.17, 15) is 0 Å². The van der Waals surface area contributed by atoms with Crippen LogP contribution in [0.3, 0.4) is 0 Å². The van der Waals surface area contributed by atoms with Crippen molar-refractivity contribution in [1.82, 2.24) is 15.0 Å². The average Bonchev–Trinajstić information content (AvgIpc) is 3.31. The van der Waals surface area contributed by atoms with Crippen LogP contribution in [0, 0.1) is 0 Å². The molecule has 132 valence electrons. The van der Waals surface area contributed by atoms with Crippen LogP contribution < -0.4 is 15.1 Å². The van der Waals surface area contributed by atoms with Gasteiger partial charge in [0.15, 0.2) is 0 Å². The van der Waals surface area contributed by atoms with E-state index in [0.717, 1.165) is 43.8 Å². The third-order valence-corrected chi connectivity index (χ3v) is 5.30. The van der Waals surface area contributed by atoms with Gasteiger partial charge in [0.2, 0.25) is 17.8 Å². The van der Waals surface area contributed by atoms with Crippen molar-refractivity contribution < 1.29 is 0 Å². The lowest BCUT2D eigenvalue weighted by atomic mass is 10.3. The molecule has 6 nitrogen and oxygen atoms in total. The summed E-state index contributed by atoms with van der Waals surface area (Å²) in [5.74, 6) is 2.03. The van der Waals surface area contributed by atoms with Gasteiger partial charge in [0, 0.05) is 31.9 Å². The maximum absolute atomic E-state index is 6.11. The molecule has 0 amide bonds. The lowest BCUT2D eigenvalue weighted by molar-refractivity contribution is 0.841. The Labute approximate surface area is 157 Å². The summed E-state index contributed by atoms with van der Waals surface area (Å²) in [6.45, 7) is 3.98. The smallest absolute Gasteiger partial charge is 0.233 e. The summed E-state index contributed by atoms with van der Waals surface area (Å²) >= 11 is 12.1.